The molecule has 9 heteroatoms. The maximum atomic E-state index is 13.8. The van der Waals surface area contributed by atoms with E-state index in [4.69, 9.17) is 4.98 Å². The summed E-state index contributed by atoms with van der Waals surface area (Å²) in [4.78, 5) is 35.5. The number of allylic oxidation sites excluding steroid dienone is 5. The first-order chi connectivity index (χ1) is 18.0. The highest BCUT2D eigenvalue weighted by molar-refractivity contribution is 5.95. The van der Waals surface area contributed by atoms with E-state index in [1.165, 1.54) is 0 Å². The van der Waals surface area contributed by atoms with Crippen LogP contribution in [0.4, 0.5) is 5.69 Å². The maximum Gasteiger partial charge on any atom is 0.261 e. The third-order valence-electron chi connectivity index (χ3n) is 7.90. The topological polar surface area (TPSA) is 96.5 Å². The molecule has 1 saturated heterocycles. The molecule has 2 atom stereocenters. The Bertz CT molecular complexity index is 1410. The first kappa shape index (κ1) is 23.8. The minimum absolute atomic E-state index is 0.0412. The number of carbonyl (C=O) groups is 1. The highest BCUT2D eigenvalue weighted by Crippen LogP contribution is 2.35. The Morgan fingerprint density at radius 3 is 2.65 bits per heavy atom. The number of fused-ring (bicyclic) bond motifs is 4. The van der Waals surface area contributed by atoms with Crippen LogP contribution >= 0.6 is 0 Å². The van der Waals surface area contributed by atoms with Gasteiger partial charge in [0.25, 0.3) is 5.56 Å². The number of aryl methyl sites for hydroxylation is 1. The summed E-state index contributed by atoms with van der Waals surface area (Å²) in [6, 6.07) is -0.243. The van der Waals surface area contributed by atoms with Crippen LogP contribution < -0.4 is 10.5 Å². The molecule has 1 aliphatic heterocycles. The van der Waals surface area contributed by atoms with Gasteiger partial charge < -0.3 is 10.0 Å². The van der Waals surface area contributed by atoms with Gasteiger partial charge in [-0.05, 0) is 42.1 Å². The summed E-state index contributed by atoms with van der Waals surface area (Å²) in [5.41, 5.74) is 5.15. The van der Waals surface area contributed by atoms with Crippen molar-refractivity contribution in [3.8, 4) is 0 Å². The third kappa shape index (κ3) is 4.53. The van der Waals surface area contributed by atoms with Crippen LogP contribution in [0.1, 0.15) is 49.4 Å². The molecule has 0 aromatic carbocycles. The molecule has 2 aromatic rings. The molecule has 192 valence electrons. The molecule has 2 aromatic heterocycles. The number of nitrogens with zero attached hydrogens (tertiary/aromatic N) is 6. The Balaban J connectivity index is 1.32. The molecule has 2 bridgehead atoms. The van der Waals surface area contributed by atoms with E-state index in [1.54, 1.807) is 26.7 Å². The monoisotopic (exact) mass is 500 g/mol. The Kier molecular flexibility index (Phi) is 6.26. The molecule has 37 heavy (non-hydrogen) atoms. The second-order valence-electron chi connectivity index (χ2n) is 10.4. The van der Waals surface area contributed by atoms with Crippen molar-refractivity contribution in [2.24, 2.45) is 7.05 Å². The van der Waals surface area contributed by atoms with E-state index in [0.29, 0.717) is 43.7 Å². The maximum absolute atomic E-state index is 13.8. The molecule has 1 N–H and O–H groups in total. The largest absolute Gasteiger partial charge is 0.391 e. The Hall–Kier alpha value is -3.56. The van der Waals surface area contributed by atoms with Crippen molar-refractivity contribution in [1.29, 1.82) is 0 Å². The smallest absolute Gasteiger partial charge is 0.261 e. The first-order valence-electron chi connectivity index (χ1n) is 13.1. The van der Waals surface area contributed by atoms with Crippen molar-refractivity contribution in [3.63, 3.8) is 0 Å². The van der Waals surface area contributed by atoms with Crippen LogP contribution in [-0.2, 0) is 11.8 Å². The second kappa shape index (κ2) is 9.72. The number of anilines is 1. The van der Waals surface area contributed by atoms with E-state index in [1.807, 2.05) is 37.5 Å². The number of amides is 1. The molecule has 2 unspecified atom stereocenters. The minimum Gasteiger partial charge on any atom is -0.391 e. The number of rotatable bonds is 4. The molecule has 0 radical (unpaired) electrons. The van der Waals surface area contributed by atoms with Crippen molar-refractivity contribution in [1.82, 2.24) is 24.2 Å². The number of hydrogen-bond acceptors (Lipinski definition) is 6. The predicted octanol–water partition coefficient (Wildman–Crippen LogP) is 2.47. The van der Waals surface area contributed by atoms with E-state index >= 15 is 0 Å². The summed E-state index contributed by atoms with van der Waals surface area (Å²) >= 11 is 0. The van der Waals surface area contributed by atoms with Crippen LogP contribution in [0.3, 0.4) is 0 Å². The summed E-state index contributed by atoms with van der Waals surface area (Å²) in [5.74, 6) is 0.0412. The van der Waals surface area contributed by atoms with E-state index in [9.17, 15) is 14.7 Å². The molecule has 6 rings (SSSR count). The van der Waals surface area contributed by atoms with Crippen LogP contribution in [0, 0.1) is 0 Å². The van der Waals surface area contributed by atoms with Crippen molar-refractivity contribution < 1.29 is 9.90 Å². The van der Waals surface area contributed by atoms with Crippen LogP contribution in [0.25, 0.3) is 11.6 Å². The second-order valence-corrected chi connectivity index (χ2v) is 10.4. The molecule has 1 amide bonds. The van der Waals surface area contributed by atoms with Crippen molar-refractivity contribution in [2.45, 2.75) is 44.2 Å². The zero-order chi connectivity index (χ0) is 25.5. The first-order valence-corrected chi connectivity index (χ1v) is 13.1. The molecule has 2 fully saturated rings. The number of carbonyl (C=O) groups excluding carboxylic acids is 1. The number of aromatic nitrogens is 4. The zero-order valence-corrected chi connectivity index (χ0v) is 21.1. The fraction of sp³-hybridized carbons (Fsp3) is 0.429. The lowest BCUT2D eigenvalue weighted by molar-refractivity contribution is -0.121. The fourth-order valence-electron chi connectivity index (χ4n) is 5.90. The van der Waals surface area contributed by atoms with Crippen LogP contribution in [0.2, 0.25) is 0 Å². The van der Waals surface area contributed by atoms with Gasteiger partial charge in [-0.3, -0.25) is 23.7 Å². The molecule has 0 spiro atoms. The number of aliphatic hydroxyl groups excluding tert-OH is 1. The van der Waals surface area contributed by atoms with Gasteiger partial charge in [-0.1, -0.05) is 37.1 Å². The van der Waals surface area contributed by atoms with Gasteiger partial charge >= 0.3 is 0 Å². The molecule has 3 aliphatic carbocycles. The number of aliphatic hydroxyl groups is 1. The normalized spacial score (nSPS) is 24.1. The fourth-order valence-corrected chi connectivity index (χ4v) is 5.90. The van der Waals surface area contributed by atoms with Gasteiger partial charge in [-0.15, -0.1) is 0 Å². The van der Waals surface area contributed by atoms with Gasteiger partial charge in [-0.25, -0.2) is 4.98 Å². The summed E-state index contributed by atoms with van der Waals surface area (Å²) in [6.45, 7) is 2.18. The average Bonchev–Trinajstić information content (AvgIpc) is 3.09. The van der Waals surface area contributed by atoms with Crippen LogP contribution in [0.5, 0.6) is 0 Å². The summed E-state index contributed by atoms with van der Waals surface area (Å²) < 4.78 is 3.34. The quantitative estimate of drug-likeness (QED) is 0.693. The lowest BCUT2D eigenvalue weighted by Crippen LogP contribution is -2.50. The van der Waals surface area contributed by atoms with Crippen molar-refractivity contribution in [3.05, 3.63) is 75.8 Å². The van der Waals surface area contributed by atoms with Gasteiger partial charge in [0, 0.05) is 32.9 Å². The van der Waals surface area contributed by atoms with Crippen molar-refractivity contribution >= 4 is 23.2 Å². The van der Waals surface area contributed by atoms with Crippen LogP contribution in [0.15, 0.2) is 59.0 Å². The molecule has 4 aliphatic rings. The van der Waals surface area contributed by atoms with Gasteiger partial charge in [0.05, 0.1) is 48.2 Å². The highest BCUT2D eigenvalue weighted by atomic mass is 16.3. The predicted molar refractivity (Wildman–Crippen MR) is 142 cm³/mol. The molecule has 9 nitrogen and oxygen atoms in total. The summed E-state index contributed by atoms with van der Waals surface area (Å²) in [6.07, 6.45) is 18.9. The van der Waals surface area contributed by atoms with E-state index < -0.39 is 6.10 Å². The Labute approximate surface area is 215 Å². The lowest BCUT2D eigenvalue weighted by atomic mass is 9.92. The molecule has 3 heterocycles. The number of hydrogen-bond donors (Lipinski definition) is 1. The molecule has 1 saturated carbocycles. The lowest BCUT2D eigenvalue weighted by Gasteiger charge is -2.34. The Morgan fingerprint density at radius 1 is 1.08 bits per heavy atom. The number of piperazine rings is 1. The van der Waals surface area contributed by atoms with Gasteiger partial charge in [0.2, 0.25) is 5.91 Å². The van der Waals surface area contributed by atoms with E-state index in [0.717, 1.165) is 48.2 Å². The van der Waals surface area contributed by atoms with Gasteiger partial charge in [0.15, 0.2) is 0 Å². The SMILES string of the molecule is Cn1cc(N2CCN(CC3=Cc4c(ncn(C5CCCCC5O)c4=O)C4=CC=CC=C3C4)CC2=O)cn1. The molecular weight excluding hydrogens is 468 g/mol. The molecular formula is C28H32N6O3. The van der Waals surface area contributed by atoms with Gasteiger partial charge in [0.1, 0.15) is 0 Å². The summed E-state index contributed by atoms with van der Waals surface area (Å²) in [7, 11) is 1.84. The van der Waals surface area contributed by atoms with Crippen LogP contribution in [-0.4, -0.2) is 67.5 Å². The zero-order valence-electron chi connectivity index (χ0n) is 21.1. The van der Waals surface area contributed by atoms with E-state index in [2.05, 4.69) is 16.1 Å². The average molecular weight is 501 g/mol. The minimum atomic E-state index is -0.532. The third-order valence-corrected chi connectivity index (χ3v) is 7.90. The van der Waals surface area contributed by atoms with Crippen molar-refractivity contribution in [2.75, 3.05) is 31.1 Å². The standard InChI is InChI=1S/C28H32N6O3/c1-31-16-22(14-30-31)33-11-10-32(17-26(33)36)15-21-13-23-27(20-7-3-2-6-19(21)12-20)29-18-34(28(23)37)24-8-4-5-9-25(24)35/h2-3,6-7,13-14,16,18,24-25,35H,4-5,8-12,15,17H2,1H3. The van der Waals surface area contributed by atoms with E-state index in [-0.39, 0.29) is 17.5 Å². The highest BCUT2D eigenvalue weighted by Gasteiger charge is 2.30. The van der Waals surface area contributed by atoms with Gasteiger partial charge in [-0.2, -0.15) is 5.10 Å². The Morgan fingerprint density at radius 2 is 1.89 bits per heavy atom. The summed E-state index contributed by atoms with van der Waals surface area (Å²) in [5, 5.41) is 14.8.